The summed E-state index contributed by atoms with van der Waals surface area (Å²) in [6.45, 7) is 10.7. The number of aliphatic hydroxyl groups excluding tert-OH is 2. The van der Waals surface area contributed by atoms with Gasteiger partial charge in [-0.2, -0.15) is 0 Å². The van der Waals surface area contributed by atoms with E-state index in [1.54, 1.807) is 6.92 Å². The molecule has 0 aliphatic rings. The fraction of sp³-hybridized carbons (Fsp3) is 0.600. The highest BCUT2D eigenvalue weighted by molar-refractivity contribution is 4.97. The Morgan fingerprint density at radius 2 is 1.83 bits per heavy atom. The lowest BCUT2D eigenvalue weighted by atomic mass is 9.99. The molecule has 2 atom stereocenters. The summed E-state index contributed by atoms with van der Waals surface area (Å²) >= 11 is 0. The van der Waals surface area contributed by atoms with Gasteiger partial charge in [0.2, 0.25) is 0 Å². The first-order valence-corrected chi connectivity index (χ1v) is 4.16. The number of allylic oxidation sites excluding steroid dienone is 1. The lowest BCUT2D eigenvalue weighted by Gasteiger charge is -2.13. The third-order valence-electron chi connectivity index (χ3n) is 2.01. The molecule has 0 heterocycles. The highest BCUT2D eigenvalue weighted by Gasteiger charge is 2.09. The van der Waals surface area contributed by atoms with Crippen molar-refractivity contribution in [1.82, 2.24) is 0 Å². The van der Waals surface area contributed by atoms with Crippen LogP contribution in [0.15, 0.2) is 24.5 Å². The molecule has 0 aliphatic heterocycles. The minimum Gasteiger partial charge on any atom is -0.513 e. The Balaban J connectivity index is 3.68. The summed E-state index contributed by atoms with van der Waals surface area (Å²) in [7, 11) is 0. The summed E-state index contributed by atoms with van der Waals surface area (Å²) in [6, 6.07) is 0. The second kappa shape index (κ2) is 4.99. The van der Waals surface area contributed by atoms with E-state index >= 15 is 0 Å². The average molecular weight is 170 g/mol. The Morgan fingerprint density at radius 1 is 1.33 bits per heavy atom. The topological polar surface area (TPSA) is 40.5 Å². The minimum atomic E-state index is -0.452. The zero-order valence-electron chi connectivity index (χ0n) is 7.88. The van der Waals surface area contributed by atoms with Gasteiger partial charge in [0.05, 0.1) is 11.9 Å². The molecule has 0 aromatic heterocycles. The van der Waals surface area contributed by atoms with Gasteiger partial charge in [0.1, 0.15) is 0 Å². The minimum absolute atomic E-state index is 0.0546. The summed E-state index contributed by atoms with van der Waals surface area (Å²) in [5, 5.41) is 18.3. The summed E-state index contributed by atoms with van der Waals surface area (Å²) in [5.41, 5.74) is 0.769. The molecule has 2 unspecified atom stereocenters. The molecule has 2 heteroatoms. The molecular formula is C10H18O2. The van der Waals surface area contributed by atoms with Crippen molar-refractivity contribution < 1.29 is 10.2 Å². The molecule has 2 nitrogen and oxygen atoms in total. The molecule has 12 heavy (non-hydrogen) atoms. The van der Waals surface area contributed by atoms with E-state index in [9.17, 15) is 5.11 Å². The summed E-state index contributed by atoms with van der Waals surface area (Å²) in [6.07, 6.45) is 0.922. The monoisotopic (exact) mass is 170 g/mol. The van der Waals surface area contributed by atoms with E-state index < -0.39 is 6.10 Å². The molecule has 0 bridgehead atoms. The summed E-state index contributed by atoms with van der Waals surface area (Å²) in [4.78, 5) is 0. The van der Waals surface area contributed by atoms with Gasteiger partial charge in [-0.15, -0.1) is 0 Å². The van der Waals surface area contributed by atoms with E-state index in [1.165, 1.54) is 0 Å². The van der Waals surface area contributed by atoms with E-state index in [0.717, 1.165) is 12.0 Å². The van der Waals surface area contributed by atoms with Gasteiger partial charge in [-0.1, -0.05) is 25.7 Å². The van der Waals surface area contributed by atoms with Crippen LogP contribution in [-0.4, -0.2) is 16.3 Å². The molecule has 0 saturated heterocycles. The van der Waals surface area contributed by atoms with E-state index in [4.69, 9.17) is 5.11 Å². The van der Waals surface area contributed by atoms with Gasteiger partial charge in [0.25, 0.3) is 0 Å². The first-order chi connectivity index (χ1) is 5.45. The Hall–Kier alpha value is -0.760. The van der Waals surface area contributed by atoms with Crippen molar-refractivity contribution in [2.45, 2.75) is 32.8 Å². The number of hydrogen-bond donors (Lipinski definition) is 2. The molecule has 0 saturated carbocycles. The van der Waals surface area contributed by atoms with Gasteiger partial charge >= 0.3 is 0 Å². The molecule has 0 aromatic carbocycles. The van der Waals surface area contributed by atoms with Crippen LogP contribution in [0.4, 0.5) is 0 Å². The average Bonchev–Trinajstić information content (AvgIpc) is 1.98. The molecule has 0 rings (SSSR count). The van der Waals surface area contributed by atoms with Crippen LogP contribution >= 0.6 is 0 Å². The summed E-state index contributed by atoms with van der Waals surface area (Å²) in [5.74, 6) is 0.239. The van der Waals surface area contributed by atoms with E-state index in [2.05, 4.69) is 13.2 Å². The second-order valence-corrected chi connectivity index (χ2v) is 3.33. The van der Waals surface area contributed by atoms with Gasteiger partial charge in [-0.3, -0.25) is 0 Å². The molecule has 70 valence electrons. The predicted molar refractivity (Wildman–Crippen MR) is 51.0 cm³/mol. The maximum atomic E-state index is 9.35. The van der Waals surface area contributed by atoms with Crippen molar-refractivity contribution in [2.24, 2.45) is 5.92 Å². The fourth-order valence-electron chi connectivity index (χ4n) is 0.821. The predicted octanol–water partition coefficient (Wildman–Crippen LogP) is 2.41. The molecule has 0 fully saturated rings. The Morgan fingerprint density at radius 3 is 2.17 bits per heavy atom. The maximum Gasteiger partial charge on any atom is 0.0879 e. The SMILES string of the molecule is C=C(O)C(C)CCC(O)C(=C)C. The quantitative estimate of drug-likeness (QED) is 0.491. The fourth-order valence-corrected chi connectivity index (χ4v) is 0.821. The molecule has 0 radical (unpaired) electrons. The highest BCUT2D eigenvalue weighted by Crippen LogP contribution is 2.15. The third-order valence-corrected chi connectivity index (χ3v) is 2.01. The Labute approximate surface area is 74.2 Å². The second-order valence-electron chi connectivity index (χ2n) is 3.33. The lowest BCUT2D eigenvalue weighted by molar-refractivity contribution is 0.188. The van der Waals surface area contributed by atoms with Gasteiger partial charge in [0, 0.05) is 5.92 Å². The molecule has 0 aliphatic carbocycles. The van der Waals surface area contributed by atoms with Crippen LogP contribution in [0.2, 0.25) is 0 Å². The maximum absolute atomic E-state index is 9.35. The van der Waals surface area contributed by atoms with Gasteiger partial charge in [-0.25, -0.2) is 0 Å². The summed E-state index contributed by atoms with van der Waals surface area (Å²) < 4.78 is 0. The van der Waals surface area contributed by atoms with Crippen molar-refractivity contribution in [3.05, 3.63) is 24.5 Å². The van der Waals surface area contributed by atoms with Gasteiger partial charge < -0.3 is 10.2 Å². The number of aliphatic hydroxyl groups is 2. The zero-order valence-corrected chi connectivity index (χ0v) is 7.88. The largest absolute Gasteiger partial charge is 0.513 e. The van der Waals surface area contributed by atoms with Crippen molar-refractivity contribution in [3.8, 4) is 0 Å². The molecule has 0 spiro atoms. The van der Waals surface area contributed by atoms with Crippen LogP contribution < -0.4 is 0 Å². The highest BCUT2D eigenvalue weighted by atomic mass is 16.3. The van der Waals surface area contributed by atoms with Gasteiger partial charge in [0.15, 0.2) is 0 Å². The van der Waals surface area contributed by atoms with E-state index in [1.807, 2.05) is 6.92 Å². The lowest BCUT2D eigenvalue weighted by Crippen LogP contribution is -2.10. The number of hydrogen-bond acceptors (Lipinski definition) is 2. The van der Waals surface area contributed by atoms with Crippen molar-refractivity contribution >= 4 is 0 Å². The molecule has 0 aromatic rings. The standard InChI is InChI=1S/C10H18O2/c1-7(2)10(12)6-5-8(3)9(4)11/h8,10-12H,1,4-6H2,2-3H3. The van der Waals surface area contributed by atoms with Crippen LogP contribution in [0, 0.1) is 5.92 Å². The van der Waals surface area contributed by atoms with Crippen LogP contribution in [0.5, 0.6) is 0 Å². The van der Waals surface area contributed by atoms with Crippen molar-refractivity contribution in [2.75, 3.05) is 0 Å². The van der Waals surface area contributed by atoms with Gasteiger partial charge in [-0.05, 0) is 19.8 Å². The Kier molecular flexibility index (Phi) is 4.67. The first-order valence-electron chi connectivity index (χ1n) is 4.16. The van der Waals surface area contributed by atoms with E-state index in [-0.39, 0.29) is 11.7 Å². The molecule has 2 N–H and O–H groups in total. The Bertz CT molecular complexity index is 153. The zero-order chi connectivity index (χ0) is 9.72. The normalized spacial score (nSPS) is 15.2. The van der Waals surface area contributed by atoms with Crippen molar-refractivity contribution in [1.29, 1.82) is 0 Å². The number of rotatable bonds is 5. The van der Waals surface area contributed by atoms with Crippen molar-refractivity contribution in [3.63, 3.8) is 0 Å². The molecular weight excluding hydrogens is 152 g/mol. The van der Waals surface area contributed by atoms with Crippen LogP contribution in [0.25, 0.3) is 0 Å². The van der Waals surface area contributed by atoms with Crippen LogP contribution in [0.3, 0.4) is 0 Å². The van der Waals surface area contributed by atoms with E-state index in [0.29, 0.717) is 6.42 Å². The third kappa shape index (κ3) is 4.19. The van der Waals surface area contributed by atoms with Crippen LogP contribution in [0.1, 0.15) is 26.7 Å². The van der Waals surface area contributed by atoms with Crippen LogP contribution in [-0.2, 0) is 0 Å². The first kappa shape index (κ1) is 11.2. The molecule has 0 amide bonds. The smallest absolute Gasteiger partial charge is 0.0879 e.